The molecule has 148 valence electrons. The van der Waals surface area contributed by atoms with Gasteiger partial charge in [0, 0.05) is 55.5 Å². The lowest BCUT2D eigenvalue weighted by atomic mass is 10.2. The third kappa shape index (κ3) is 5.47. The van der Waals surface area contributed by atoms with Crippen molar-refractivity contribution in [3.8, 4) is 0 Å². The Hall–Kier alpha value is -2.57. The minimum atomic E-state index is -0.413. The lowest BCUT2D eigenvalue weighted by molar-refractivity contribution is -0.120. The van der Waals surface area contributed by atoms with Crippen LogP contribution in [0.4, 0.5) is 11.4 Å². The first-order valence-electron chi connectivity index (χ1n) is 9.39. The molecule has 2 aromatic carbocycles. The molecule has 28 heavy (non-hydrogen) atoms. The highest BCUT2D eigenvalue weighted by Gasteiger charge is 2.23. The molecule has 1 saturated heterocycles. The van der Waals surface area contributed by atoms with Crippen molar-refractivity contribution in [1.82, 2.24) is 4.90 Å². The number of carbonyl (C=O) groups is 2. The summed E-state index contributed by atoms with van der Waals surface area (Å²) in [6.07, 6.45) is 0.142. The Morgan fingerprint density at radius 3 is 2.36 bits per heavy atom. The molecular formula is C21H25ClN4O2. The lowest BCUT2D eigenvalue weighted by Crippen LogP contribution is -2.50. The highest BCUT2D eigenvalue weighted by atomic mass is 35.5. The molecule has 0 atom stereocenters. The minimum Gasteiger partial charge on any atom is -0.370 e. The number of anilines is 2. The molecule has 3 rings (SSSR count). The van der Waals surface area contributed by atoms with Crippen molar-refractivity contribution in [3.63, 3.8) is 0 Å². The SMILES string of the molecule is NC(=O)CCN(C(=O)CN1CCN(c2cccc(Cl)c2)CC1)c1ccccc1. The molecule has 1 fully saturated rings. The fraction of sp³-hybridized carbons (Fsp3) is 0.333. The van der Waals surface area contributed by atoms with E-state index in [0.717, 1.165) is 42.6 Å². The number of amides is 2. The summed E-state index contributed by atoms with van der Waals surface area (Å²) in [4.78, 5) is 30.2. The second kappa shape index (κ2) is 9.57. The molecule has 0 aliphatic carbocycles. The maximum atomic E-state index is 12.9. The summed E-state index contributed by atoms with van der Waals surface area (Å²) in [5, 5.41) is 0.725. The van der Waals surface area contributed by atoms with E-state index in [4.69, 9.17) is 17.3 Å². The number of nitrogens with zero attached hydrogens (tertiary/aromatic N) is 3. The van der Waals surface area contributed by atoms with Crippen molar-refractivity contribution in [2.45, 2.75) is 6.42 Å². The standard InChI is InChI=1S/C21H25ClN4O2/c22-17-5-4-8-19(15-17)25-13-11-24(12-14-25)16-21(28)26(10-9-20(23)27)18-6-2-1-3-7-18/h1-8,15H,9-14,16H2,(H2,23,27). The van der Waals surface area contributed by atoms with Crippen LogP contribution in [-0.4, -0.2) is 56.0 Å². The number of nitrogens with two attached hydrogens (primary N) is 1. The van der Waals surface area contributed by atoms with Crippen LogP contribution in [0.25, 0.3) is 0 Å². The van der Waals surface area contributed by atoms with Crippen LogP contribution in [0, 0.1) is 0 Å². The van der Waals surface area contributed by atoms with E-state index in [-0.39, 0.29) is 12.3 Å². The number of primary amides is 1. The van der Waals surface area contributed by atoms with Crippen LogP contribution in [0.2, 0.25) is 5.02 Å². The first kappa shape index (κ1) is 20.2. The van der Waals surface area contributed by atoms with E-state index in [9.17, 15) is 9.59 Å². The number of para-hydroxylation sites is 1. The Kier molecular flexibility index (Phi) is 6.90. The first-order valence-corrected chi connectivity index (χ1v) is 9.77. The van der Waals surface area contributed by atoms with Crippen LogP contribution >= 0.6 is 11.6 Å². The second-order valence-corrected chi connectivity index (χ2v) is 7.28. The Morgan fingerprint density at radius 1 is 1.00 bits per heavy atom. The van der Waals surface area contributed by atoms with Gasteiger partial charge in [0.05, 0.1) is 6.54 Å². The van der Waals surface area contributed by atoms with Gasteiger partial charge in [-0.2, -0.15) is 0 Å². The highest BCUT2D eigenvalue weighted by molar-refractivity contribution is 6.30. The lowest BCUT2D eigenvalue weighted by Gasteiger charge is -2.36. The monoisotopic (exact) mass is 400 g/mol. The van der Waals surface area contributed by atoms with Crippen LogP contribution in [0.1, 0.15) is 6.42 Å². The van der Waals surface area contributed by atoms with Gasteiger partial charge in [0.1, 0.15) is 0 Å². The second-order valence-electron chi connectivity index (χ2n) is 6.84. The van der Waals surface area contributed by atoms with Gasteiger partial charge in [-0.05, 0) is 30.3 Å². The average Bonchev–Trinajstić information content (AvgIpc) is 2.69. The number of carbonyl (C=O) groups excluding carboxylic acids is 2. The molecule has 0 bridgehead atoms. The van der Waals surface area contributed by atoms with Gasteiger partial charge in [-0.3, -0.25) is 14.5 Å². The van der Waals surface area contributed by atoms with Crippen molar-refractivity contribution in [2.75, 3.05) is 49.1 Å². The Bertz CT molecular complexity index is 807. The predicted molar refractivity (Wildman–Crippen MR) is 113 cm³/mol. The fourth-order valence-corrected chi connectivity index (χ4v) is 3.53. The van der Waals surface area contributed by atoms with Crippen molar-refractivity contribution in [1.29, 1.82) is 0 Å². The van der Waals surface area contributed by atoms with Crippen molar-refractivity contribution < 1.29 is 9.59 Å². The molecule has 0 radical (unpaired) electrons. The number of hydrogen-bond acceptors (Lipinski definition) is 4. The number of piperazine rings is 1. The van der Waals surface area contributed by atoms with Gasteiger partial charge in [0.2, 0.25) is 11.8 Å². The molecule has 1 aliphatic rings. The number of benzene rings is 2. The molecule has 2 N–H and O–H groups in total. The van der Waals surface area contributed by atoms with Crippen LogP contribution < -0.4 is 15.5 Å². The molecule has 0 spiro atoms. The van der Waals surface area contributed by atoms with Crippen molar-refractivity contribution in [2.24, 2.45) is 5.73 Å². The summed E-state index contributed by atoms with van der Waals surface area (Å²) in [5.41, 5.74) is 7.17. The topological polar surface area (TPSA) is 69.9 Å². The van der Waals surface area contributed by atoms with Gasteiger partial charge in [-0.25, -0.2) is 0 Å². The van der Waals surface area contributed by atoms with Gasteiger partial charge in [0.15, 0.2) is 0 Å². The molecular weight excluding hydrogens is 376 g/mol. The van der Waals surface area contributed by atoms with E-state index >= 15 is 0 Å². The zero-order valence-electron chi connectivity index (χ0n) is 15.8. The Morgan fingerprint density at radius 2 is 1.71 bits per heavy atom. The average molecular weight is 401 g/mol. The van der Waals surface area contributed by atoms with Crippen molar-refractivity contribution in [3.05, 3.63) is 59.6 Å². The van der Waals surface area contributed by atoms with Gasteiger partial charge in [-0.1, -0.05) is 35.9 Å². The zero-order chi connectivity index (χ0) is 19.9. The predicted octanol–water partition coefficient (Wildman–Crippen LogP) is 2.37. The third-order valence-electron chi connectivity index (χ3n) is 4.86. The molecule has 0 unspecified atom stereocenters. The number of halogens is 1. The summed E-state index contributed by atoms with van der Waals surface area (Å²) >= 11 is 6.09. The fourth-order valence-electron chi connectivity index (χ4n) is 3.34. The molecule has 1 heterocycles. The molecule has 0 aromatic heterocycles. The summed E-state index contributed by atoms with van der Waals surface area (Å²) in [7, 11) is 0. The summed E-state index contributed by atoms with van der Waals surface area (Å²) in [5.74, 6) is -0.437. The molecule has 2 aromatic rings. The smallest absolute Gasteiger partial charge is 0.241 e. The largest absolute Gasteiger partial charge is 0.370 e. The maximum Gasteiger partial charge on any atom is 0.241 e. The molecule has 0 saturated carbocycles. The van der Waals surface area contributed by atoms with Gasteiger partial charge in [-0.15, -0.1) is 0 Å². The van der Waals surface area contributed by atoms with Crippen LogP contribution in [0.15, 0.2) is 54.6 Å². The zero-order valence-corrected chi connectivity index (χ0v) is 16.5. The first-order chi connectivity index (χ1) is 13.5. The summed E-state index contributed by atoms with van der Waals surface area (Å²) in [6, 6.07) is 17.2. The minimum absolute atomic E-state index is 0.0244. The Labute approximate surface area is 170 Å². The summed E-state index contributed by atoms with van der Waals surface area (Å²) in [6.45, 7) is 3.85. The number of hydrogen-bond donors (Lipinski definition) is 1. The number of rotatable bonds is 7. The van der Waals surface area contributed by atoms with E-state index in [0.29, 0.717) is 13.1 Å². The molecule has 6 nitrogen and oxygen atoms in total. The van der Waals surface area contributed by atoms with Crippen LogP contribution in [0.5, 0.6) is 0 Å². The van der Waals surface area contributed by atoms with Crippen LogP contribution in [-0.2, 0) is 9.59 Å². The van der Waals surface area contributed by atoms with E-state index in [1.807, 2.05) is 54.6 Å². The molecule has 7 heteroatoms. The van der Waals surface area contributed by atoms with Gasteiger partial charge < -0.3 is 15.5 Å². The van der Waals surface area contributed by atoms with Gasteiger partial charge >= 0.3 is 0 Å². The normalized spacial score (nSPS) is 14.7. The van der Waals surface area contributed by atoms with E-state index in [1.54, 1.807) is 4.90 Å². The van der Waals surface area contributed by atoms with Crippen LogP contribution in [0.3, 0.4) is 0 Å². The maximum absolute atomic E-state index is 12.9. The van der Waals surface area contributed by atoms with E-state index in [2.05, 4.69) is 9.80 Å². The molecule has 1 aliphatic heterocycles. The van der Waals surface area contributed by atoms with E-state index < -0.39 is 5.91 Å². The Balaban J connectivity index is 1.59. The molecule has 2 amide bonds. The third-order valence-corrected chi connectivity index (χ3v) is 5.09. The van der Waals surface area contributed by atoms with Crippen molar-refractivity contribution >= 4 is 34.8 Å². The van der Waals surface area contributed by atoms with E-state index in [1.165, 1.54) is 0 Å². The van der Waals surface area contributed by atoms with Gasteiger partial charge in [0.25, 0.3) is 0 Å². The summed E-state index contributed by atoms with van der Waals surface area (Å²) < 4.78 is 0. The quantitative estimate of drug-likeness (QED) is 0.774. The highest BCUT2D eigenvalue weighted by Crippen LogP contribution is 2.21.